The van der Waals surface area contributed by atoms with E-state index in [1.165, 1.54) is 12.2 Å². The molecule has 0 saturated heterocycles. The minimum absolute atomic E-state index is 0.0970. The second-order valence-corrected chi connectivity index (χ2v) is 15.0. The molecule has 0 aromatic heterocycles. The number of amides is 1. The van der Waals surface area contributed by atoms with Gasteiger partial charge in [-0.2, -0.15) is 0 Å². The van der Waals surface area contributed by atoms with Crippen LogP contribution in [0.1, 0.15) is 72.1 Å². The highest BCUT2D eigenvalue weighted by atomic mass is 19.1. The average Bonchev–Trinajstić information content (AvgIpc) is 3.23. The van der Waals surface area contributed by atoms with E-state index in [1.807, 2.05) is 42.5 Å². The van der Waals surface area contributed by atoms with Gasteiger partial charge in [-0.15, -0.1) is 0 Å². The van der Waals surface area contributed by atoms with E-state index in [9.17, 15) is 29.4 Å². The Morgan fingerprint density at radius 3 is 2.40 bits per heavy atom. The third-order valence-corrected chi connectivity index (χ3v) is 12.7. The Morgan fingerprint density at radius 1 is 0.979 bits per heavy atom. The predicted octanol–water partition coefficient (Wildman–Crippen LogP) is 4.94. The van der Waals surface area contributed by atoms with Gasteiger partial charge in [0.2, 0.25) is 11.7 Å². The number of carbonyl (C=O) groups excluding carboxylic acids is 4. The number of halogens is 1. The van der Waals surface area contributed by atoms with Gasteiger partial charge in [0.05, 0.1) is 12.0 Å². The number of esters is 1. The number of rotatable bonds is 6. The summed E-state index contributed by atoms with van der Waals surface area (Å²) in [6.45, 7) is 4.66. The average molecular weight is 648 g/mol. The molecule has 9 heteroatoms. The number of aliphatic hydroxyl groups excluding tert-OH is 1. The highest BCUT2D eigenvalue weighted by Gasteiger charge is 2.75. The smallest absolute Gasteiger partial charge is 0.309 e. The summed E-state index contributed by atoms with van der Waals surface area (Å²) in [4.78, 5) is 51.9. The molecule has 4 saturated carbocycles. The number of hydrogen-bond donors (Lipinski definition) is 3. The Balaban J connectivity index is 1.09. The molecule has 0 aromatic rings. The number of Topliss-reactive ketones (excluding diaryl/α,β-unsaturated/α-hetero) is 1. The van der Waals surface area contributed by atoms with Crippen molar-refractivity contribution in [2.75, 3.05) is 6.61 Å². The summed E-state index contributed by atoms with van der Waals surface area (Å²) in [5, 5.41) is 26.7. The van der Waals surface area contributed by atoms with Crippen LogP contribution in [0.3, 0.4) is 0 Å². The van der Waals surface area contributed by atoms with Crippen LogP contribution in [-0.4, -0.2) is 57.6 Å². The molecule has 0 radical (unpaired) electrons. The summed E-state index contributed by atoms with van der Waals surface area (Å²) in [6, 6.07) is 0. The lowest BCUT2D eigenvalue weighted by Gasteiger charge is -2.62. The van der Waals surface area contributed by atoms with Crippen molar-refractivity contribution in [2.45, 2.75) is 89.5 Å². The van der Waals surface area contributed by atoms with Crippen molar-refractivity contribution in [3.8, 4) is 0 Å². The molecule has 0 bridgehead atoms. The maximum absolute atomic E-state index is 17.4. The number of alkyl halides is 1. The normalized spacial score (nSPS) is 45.4. The van der Waals surface area contributed by atoms with E-state index in [1.54, 1.807) is 26.8 Å². The van der Waals surface area contributed by atoms with E-state index in [2.05, 4.69) is 5.32 Å². The Hall–Kier alpha value is -3.43. The summed E-state index contributed by atoms with van der Waals surface area (Å²) in [6.07, 6.45) is 19.0. The van der Waals surface area contributed by atoms with Crippen molar-refractivity contribution in [1.29, 1.82) is 0 Å². The van der Waals surface area contributed by atoms with Crippen molar-refractivity contribution < 1.29 is 38.5 Å². The summed E-state index contributed by atoms with van der Waals surface area (Å²) in [5.41, 5.74) is -4.92. The van der Waals surface area contributed by atoms with E-state index < -0.39 is 70.2 Å². The van der Waals surface area contributed by atoms with Gasteiger partial charge in [0.1, 0.15) is 5.60 Å². The van der Waals surface area contributed by atoms with Crippen molar-refractivity contribution >= 4 is 23.4 Å². The zero-order valence-corrected chi connectivity index (χ0v) is 27.4. The molecule has 8 nitrogen and oxygen atoms in total. The van der Waals surface area contributed by atoms with Crippen LogP contribution in [0.4, 0.5) is 4.39 Å². The molecule has 6 aliphatic rings. The number of fused-ring (bicyclic) bond motifs is 5. The number of nitrogens with one attached hydrogen (secondary N) is 1. The van der Waals surface area contributed by atoms with E-state index >= 15 is 4.39 Å². The van der Waals surface area contributed by atoms with Crippen LogP contribution in [0.5, 0.6) is 0 Å². The molecule has 252 valence electrons. The molecule has 0 aromatic carbocycles. The third kappa shape index (κ3) is 5.25. The Bertz CT molecular complexity index is 1530. The minimum Gasteiger partial charge on any atom is -0.457 e. The molecule has 0 unspecified atom stereocenters. The second kappa shape index (κ2) is 12.2. The number of ether oxygens (including phenoxy) is 1. The minimum atomic E-state index is -2.06. The van der Waals surface area contributed by atoms with Crippen molar-refractivity contribution in [3.63, 3.8) is 0 Å². The zero-order valence-electron chi connectivity index (χ0n) is 27.4. The second-order valence-electron chi connectivity index (χ2n) is 15.0. The zero-order chi connectivity index (χ0) is 33.8. The Morgan fingerprint density at radius 2 is 1.66 bits per heavy atom. The van der Waals surface area contributed by atoms with Gasteiger partial charge in [-0.1, -0.05) is 55.9 Å². The highest BCUT2D eigenvalue weighted by molar-refractivity contribution is 6.01. The van der Waals surface area contributed by atoms with Crippen LogP contribution < -0.4 is 5.32 Å². The van der Waals surface area contributed by atoms with Crippen LogP contribution in [-0.2, 0) is 23.9 Å². The van der Waals surface area contributed by atoms with Gasteiger partial charge in [0.15, 0.2) is 18.1 Å². The fourth-order valence-electron chi connectivity index (χ4n) is 9.99. The van der Waals surface area contributed by atoms with Crippen LogP contribution in [0.15, 0.2) is 72.0 Å². The maximum Gasteiger partial charge on any atom is 0.309 e. The molecule has 6 aliphatic carbocycles. The first-order valence-electron chi connectivity index (χ1n) is 17.0. The molecule has 0 spiro atoms. The van der Waals surface area contributed by atoms with Gasteiger partial charge in [0.25, 0.3) is 0 Å². The Kier molecular flexibility index (Phi) is 8.71. The first-order valence-corrected chi connectivity index (χ1v) is 17.0. The standard InChI is InChI=1S/C38H46FNO7/c1-23-19-30-29-16-15-26-20-28(41)17-18-35(26,2)37(29,39)31(42)21-36(30,3)38(23,46)32(43)22-47-34(45)25-13-11-24(12-14-25)33(44)40-27-9-7-5-4-6-8-10-27/h4-10,17-18,20,23-25,29-31,42,46H,11-16,19,21-22H2,1-3H3,(H,40,44)/b5-4-,6-4?,7-5?,8-6-,9-7-,10-8?,27-9?,27-10+/t23-,24-,25-,29+,30+,31+,35+,36+,37+,38+/m1/s1. The van der Waals surface area contributed by atoms with Crippen LogP contribution >= 0.6 is 0 Å². The number of hydrogen-bond acceptors (Lipinski definition) is 7. The fourth-order valence-corrected chi connectivity index (χ4v) is 9.99. The topological polar surface area (TPSA) is 130 Å². The molecule has 4 fully saturated rings. The predicted molar refractivity (Wildman–Crippen MR) is 173 cm³/mol. The number of allylic oxidation sites excluding steroid dienone is 11. The quantitative estimate of drug-likeness (QED) is 0.349. The summed E-state index contributed by atoms with van der Waals surface area (Å²) >= 11 is 0. The maximum atomic E-state index is 17.4. The lowest BCUT2D eigenvalue weighted by Crippen LogP contribution is -2.69. The summed E-state index contributed by atoms with van der Waals surface area (Å²) in [5.74, 6) is -3.73. The third-order valence-electron chi connectivity index (χ3n) is 12.7. The van der Waals surface area contributed by atoms with Gasteiger partial charge in [-0.25, -0.2) is 4.39 Å². The van der Waals surface area contributed by atoms with Gasteiger partial charge in [-0.05, 0) is 94.4 Å². The van der Waals surface area contributed by atoms with Crippen molar-refractivity contribution in [1.82, 2.24) is 5.32 Å². The van der Waals surface area contributed by atoms with Gasteiger partial charge < -0.3 is 20.3 Å². The van der Waals surface area contributed by atoms with Gasteiger partial charge >= 0.3 is 5.97 Å². The lowest BCUT2D eigenvalue weighted by molar-refractivity contribution is -0.220. The van der Waals surface area contributed by atoms with Gasteiger partial charge in [0, 0.05) is 28.4 Å². The van der Waals surface area contributed by atoms with Crippen molar-refractivity contribution in [2.24, 2.45) is 40.4 Å². The first-order chi connectivity index (χ1) is 22.3. The van der Waals surface area contributed by atoms with Crippen molar-refractivity contribution in [3.05, 3.63) is 72.0 Å². The fraction of sp³-hybridized carbons (Fsp3) is 0.579. The molecule has 1 amide bonds. The SMILES string of the molecule is C[C@@H]1C[C@H]2[C@@H]3CCC4=CC(=O)C=C[C@]4(C)[C@@]3(F)[C@@H](O)C[C@]2(C)[C@@]1(O)C(=O)COC(=O)[C@H]1CC[C@H](C(=O)NC2=C/C=C\C=C/C=C\2)CC1. The largest absolute Gasteiger partial charge is 0.457 e. The number of aliphatic hydroxyl groups is 2. The van der Waals surface area contributed by atoms with E-state index in [0.29, 0.717) is 56.2 Å². The van der Waals surface area contributed by atoms with Crippen LogP contribution in [0.25, 0.3) is 0 Å². The van der Waals surface area contributed by atoms with Gasteiger partial charge in [-0.3, -0.25) is 19.2 Å². The number of ketones is 2. The summed E-state index contributed by atoms with van der Waals surface area (Å²) < 4.78 is 22.9. The van der Waals surface area contributed by atoms with Crippen LogP contribution in [0, 0.1) is 40.4 Å². The number of carbonyl (C=O) groups is 4. The molecular weight excluding hydrogens is 601 g/mol. The molecule has 47 heavy (non-hydrogen) atoms. The summed E-state index contributed by atoms with van der Waals surface area (Å²) in [7, 11) is 0. The molecular formula is C38H46FNO7. The molecule has 8 atom stereocenters. The molecule has 3 N–H and O–H groups in total. The van der Waals surface area contributed by atoms with E-state index in [0.717, 1.165) is 0 Å². The lowest BCUT2D eigenvalue weighted by atomic mass is 9.44. The molecule has 0 aliphatic heterocycles. The Labute approximate surface area is 275 Å². The first kappa shape index (κ1) is 33.5. The molecule has 0 heterocycles. The molecule has 6 rings (SSSR count). The monoisotopic (exact) mass is 647 g/mol. The highest BCUT2D eigenvalue weighted by Crippen LogP contribution is 2.70. The van der Waals surface area contributed by atoms with E-state index in [4.69, 9.17) is 4.74 Å². The van der Waals surface area contributed by atoms with E-state index in [-0.39, 0.29) is 24.0 Å². The van der Waals surface area contributed by atoms with Crippen LogP contribution in [0.2, 0.25) is 0 Å².